The first-order valence-electron chi connectivity index (χ1n) is 7.31. The Labute approximate surface area is 148 Å². The van der Waals surface area contributed by atoms with Gasteiger partial charge in [0.25, 0.3) is 5.56 Å². The molecule has 3 rings (SSSR count). The van der Waals surface area contributed by atoms with E-state index in [1.54, 1.807) is 23.1 Å². The Morgan fingerprint density at radius 1 is 1.30 bits per heavy atom. The van der Waals surface area contributed by atoms with Crippen molar-refractivity contribution in [1.29, 1.82) is 0 Å². The maximum Gasteiger partial charge on any atom is 0.259 e. The highest BCUT2D eigenvalue weighted by atomic mass is 35.5. The molecule has 0 bridgehead atoms. The van der Waals surface area contributed by atoms with Gasteiger partial charge in [0.2, 0.25) is 0 Å². The minimum absolute atomic E-state index is 0.0363. The fraction of sp³-hybridized carbons (Fsp3) is 0.294. The Morgan fingerprint density at radius 3 is 2.70 bits per heavy atom. The number of benzene rings is 1. The molecule has 0 aliphatic heterocycles. The van der Waals surface area contributed by atoms with Crippen molar-refractivity contribution in [2.24, 2.45) is 0 Å². The molecule has 0 spiro atoms. The van der Waals surface area contributed by atoms with Crippen LogP contribution in [0.3, 0.4) is 0 Å². The molecule has 1 atom stereocenters. The topological polar surface area (TPSA) is 45.8 Å². The second-order valence-corrected chi connectivity index (χ2v) is 8.46. The number of rotatable bonds is 4. The lowest BCUT2D eigenvalue weighted by Gasteiger charge is -2.10. The predicted molar refractivity (Wildman–Crippen MR) is 101 cm³/mol. The van der Waals surface area contributed by atoms with Crippen LogP contribution < -0.4 is 5.56 Å². The normalized spacial score (nSPS) is 12.7. The molecule has 0 saturated heterocycles. The smallest absolute Gasteiger partial charge is 0.259 e. The molecule has 0 fully saturated rings. The van der Waals surface area contributed by atoms with E-state index in [1.165, 1.54) is 5.56 Å². The van der Waals surface area contributed by atoms with E-state index in [4.69, 9.17) is 11.6 Å². The summed E-state index contributed by atoms with van der Waals surface area (Å²) in [6.45, 7) is 6.07. The molecule has 3 aromatic rings. The van der Waals surface area contributed by atoms with E-state index in [0.717, 1.165) is 37.3 Å². The summed E-state index contributed by atoms with van der Waals surface area (Å²) in [4.78, 5) is 21.9. The number of aromatic amines is 1. The Bertz CT molecular complexity index is 899. The van der Waals surface area contributed by atoms with E-state index in [2.05, 4.69) is 16.9 Å². The largest absolute Gasteiger partial charge is 0.309 e. The Morgan fingerprint density at radius 2 is 2.00 bits per heavy atom. The Balaban J connectivity index is 1.82. The van der Waals surface area contributed by atoms with E-state index in [9.17, 15) is 4.79 Å². The predicted octanol–water partition coefficient (Wildman–Crippen LogP) is 5.25. The second-order valence-electron chi connectivity index (χ2n) is 5.49. The summed E-state index contributed by atoms with van der Waals surface area (Å²) in [5, 5.41) is 1.59. The molecular formula is C17H17ClN2OS2. The van der Waals surface area contributed by atoms with Crippen LogP contribution in [-0.4, -0.2) is 9.97 Å². The number of nitrogens with one attached hydrogen (secondary N) is 1. The minimum atomic E-state index is -0.0363. The molecule has 1 N–H and O–H groups in total. The van der Waals surface area contributed by atoms with E-state index in [1.807, 2.05) is 38.1 Å². The monoisotopic (exact) mass is 364 g/mol. The lowest BCUT2D eigenvalue weighted by atomic mass is 10.2. The Hall–Kier alpha value is -1.30. The van der Waals surface area contributed by atoms with E-state index < -0.39 is 0 Å². The van der Waals surface area contributed by atoms with Gasteiger partial charge in [-0.2, -0.15) is 0 Å². The van der Waals surface area contributed by atoms with Crippen molar-refractivity contribution in [2.75, 3.05) is 0 Å². The standard InChI is InChI=1S/C17H17ClN2OS2/c1-9-10(2)23-17-14(9)16(21)19-15(20-17)11(3)22-8-12-4-6-13(18)7-5-12/h4-7,11H,8H2,1-3H3,(H,19,20,21). The summed E-state index contributed by atoms with van der Waals surface area (Å²) in [7, 11) is 0. The quantitative estimate of drug-likeness (QED) is 0.687. The zero-order chi connectivity index (χ0) is 16.6. The van der Waals surface area contributed by atoms with Gasteiger partial charge in [0.15, 0.2) is 0 Å². The zero-order valence-electron chi connectivity index (χ0n) is 13.1. The van der Waals surface area contributed by atoms with Crippen LogP contribution in [0.2, 0.25) is 5.02 Å². The summed E-state index contributed by atoms with van der Waals surface area (Å²) in [5.41, 5.74) is 2.20. The van der Waals surface area contributed by atoms with Crippen LogP contribution in [0.25, 0.3) is 10.2 Å². The van der Waals surface area contributed by atoms with Gasteiger partial charge in [-0.3, -0.25) is 4.79 Å². The van der Waals surface area contributed by atoms with Crippen LogP contribution >= 0.6 is 34.7 Å². The molecule has 0 radical (unpaired) electrons. The molecule has 23 heavy (non-hydrogen) atoms. The van der Waals surface area contributed by atoms with Crippen LogP contribution in [0.4, 0.5) is 0 Å². The highest BCUT2D eigenvalue weighted by molar-refractivity contribution is 7.98. The molecule has 120 valence electrons. The van der Waals surface area contributed by atoms with Crippen LogP contribution in [0.15, 0.2) is 29.1 Å². The van der Waals surface area contributed by atoms with Crippen molar-refractivity contribution >= 4 is 44.9 Å². The minimum Gasteiger partial charge on any atom is -0.309 e. The maximum absolute atomic E-state index is 12.3. The van der Waals surface area contributed by atoms with Crippen LogP contribution in [-0.2, 0) is 5.75 Å². The third-order valence-electron chi connectivity index (χ3n) is 3.86. The van der Waals surface area contributed by atoms with Crippen LogP contribution in [0.1, 0.15) is 34.0 Å². The third kappa shape index (κ3) is 3.47. The van der Waals surface area contributed by atoms with E-state index >= 15 is 0 Å². The molecule has 3 nitrogen and oxygen atoms in total. The first-order chi connectivity index (χ1) is 11.0. The molecular weight excluding hydrogens is 348 g/mol. The maximum atomic E-state index is 12.3. The number of H-pyrrole nitrogens is 1. The molecule has 0 aliphatic rings. The summed E-state index contributed by atoms with van der Waals surface area (Å²) in [6.07, 6.45) is 0. The zero-order valence-corrected chi connectivity index (χ0v) is 15.5. The average Bonchev–Trinajstić information content (AvgIpc) is 2.81. The fourth-order valence-corrected chi connectivity index (χ4v) is 4.41. The van der Waals surface area contributed by atoms with Gasteiger partial charge >= 0.3 is 0 Å². The summed E-state index contributed by atoms with van der Waals surface area (Å²) < 4.78 is 0. The van der Waals surface area contributed by atoms with Gasteiger partial charge in [-0.1, -0.05) is 23.7 Å². The number of aryl methyl sites for hydroxylation is 2. The van der Waals surface area contributed by atoms with Gasteiger partial charge < -0.3 is 4.98 Å². The molecule has 0 aliphatic carbocycles. The van der Waals surface area contributed by atoms with Gasteiger partial charge in [0.1, 0.15) is 10.7 Å². The number of halogens is 1. The second kappa shape index (κ2) is 6.67. The highest BCUT2D eigenvalue weighted by Crippen LogP contribution is 2.31. The number of thioether (sulfide) groups is 1. The number of hydrogen-bond donors (Lipinski definition) is 1. The SMILES string of the molecule is Cc1sc2nc(C(C)SCc3ccc(Cl)cc3)[nH]c(=O)c2c1C. The molecule has 1 aromatic carbocycles. The fourth-order valence-electron chi connectivity index (χ4n) is 2.34. The van der Waals surface area contributed by atoms with Gasteiger partial charge in [-0.25, -0.2) is 4.98 Å². The van der Waals surface area contributed by atoms with Gasteiger partial charge in [0.05, 0.1) is 10.6 Å². The number of hydrogen-bond acceptors (Lipinski definition) is 4. The van der Waals surface area contributed by atoms with Crippen molar-refractivity contribution < 1.29 is 0 Å². The highest BCUT2D eigenvalue weighted by Gasteiger charge is 2.15. The van der Waals surface area contributed by atoms with Crippen LogP contribution in [0, 0.1) is 13.8 Å². The molecule has 0 saturated carbocycles. The summed E-state index contributed by atoms with van der Waals surface area (Å²) in [6, 6.07) is 7.83. The lowest BCUT2D eigenvalue weighted by molar-refractivity contribution is 0.925. The van der Waals surface area contributed by atoms with Gasteiger partial charge in [-0.05, 0) is 44.0 Å². The molecule has 2 heterocycles. The third-order valence-corrected chi connectivity index (χ3v) is 6.43. The van der Waals surface area contributed by atoms with Gasteiger partial charge in [-0.15, -0.1) is 23.1 Å². The van der Waals surface area contributed by atoms with Gasteiger partial charge in [0, 0.05) is 15.7 Å². The average molecular weight is 365 g/mol. The number of fused-ring (bicyclic) bond motifs is 1. The Kier molecular flexibility index (Phi) is 4.80. The van der Waals surface area contributed by atoms with Crippen molar-refractivity contribution in [3.8, 4) is 0 Å². The first-order valence-corrected chi connectivity index (χ1v) is 9.56. The molecule has 6 heteroatoms. The van der Waals surface area contributed by atoms with Crippen molar-refractivity contribution in [3.63, 3.8) is 0 Å². The number of thiophene rings is 1. The van der Waals surface area contributed by atoms with Crippen molar-refractivity contribution in [2.45, 2.75) is 31.8 Å². The summed E-state index contributed by atoms with van der Waals surface area (Å²) in [5.74, 6) is 1.59. The van der Waals surface area contributed by atoms with E-state index in [0.29, 0.717) is 0 Å². The van der Waals surface area contributed by atoms with Crippen molar-refractivity contribution in [3.05, 3.63) is 61.5 Å². The number of nitrogens with zero attached hydrogens (tertiary/aromatic N) is 1. The molecule has 2 aromatic heterocycles. The molecule has 0 amide bonds. The van der Waals surface area contributed by atoms with Crippen molar-refractivity contribution in [1.82, 2.24) is 9.97 Å². The van der Waals surface area contributed by atoms with E-state index in [-0.39, 0.29) is 10.8 Å². The lowest BCUT2D eigenvalue weighted by Crippen LogP contribution is -2.12. The number of aromatic nitrogens is 2. The first kappa shape index (κ1) is 16.6. The molecule has 1 unspecified atom stereocenters. The summed E-state index contributed by atoms with van der Waals surface area (Å²) >= 11 is 9.23. The van der Waals surface area contributed by atoms with Crippen LogP contribution in [0.5, 0.6) is 0 Å².